The molecule has 2 rings (SSSR count). The van der Waals surface area contributed by atoms with E-state index in [-0.39, 0.29) is 12.3 Å². The van der Waals surface area contributed by atoms with Crippen LogP contribution < -0.4 is 0 Å². The molecule has 0 spiro atoms. The zero-order chi connectivity index (χ0) is 18.8. The van der Waals surface area contributed by atoms with Crippen molar-refractivity contribution >= 4 is 35.5 Å². The molecule has 0 N–H and O–H groups in total. The van der Waals surface area contributed by atoms with Gasteiger partial charge >= 0.3 is 11.9 Å². The molecular weight excluding hydrogens is 348 g/mol. The number of imide groups is 1. The quantitative estimate of drug-likeness (QED) is 0.702. The van der Waals surface area contributed by atoms with Crippen LogP contribution in [0.2, 0.25) is 0 Å². The molecule has 136 valence electrons. The number of hydrogen-bond acceptors (Lipinski definition) is 7. The van der Waals surface area contributed by atoms with E-state index >= 15 is 0 Å². The van der Waals surface area contributed by atoms with E-state index in [0.717, 1.165) is 4.90 Å². The largest absolute Gasteiger partial charge is 0.475 e. The number of aliphatic imine (C=N–C) groups is 1. The molecule has 0 aliphatic carbocycles. The number of rotatable bonds is 3. The average molecular weight is 368 g/mol. The SMILES string of the molecule is C/C1=C(\C2=NCCO2)SCN(C)C(=O)N(C(C)(C)C(=O)N=O)C(=O)C1. The van der Waals surface area contributed by atoms with Gasteiger partial charge in [-0.1, -0.05) is 11.8 Å². The first-order chi connectivity index (χ1) is 11.7. The van der Waals surface area contributed by atoms with Crippen molar-refractivity contribution in [3.63, 3.8) is 0 Å². The summed E-state index contributed by atoms with van der Waals surface area (Å²) in [4.78, 5) is 55.1. The highest BCUT2D eigenvalue weighted by atomic mass is 32.2. The van der Waals surface area contributed by atoms with Crippen LogP contribution in [0.3, 0.4) is 0 Å². The highest BCUT2D eigenvalue weighted by Gasteiger charge is 2.44. The van der Waals surface area contributed by atoms with Crippen molar-refractivity contribution in [2.45, 2.75) is 32.7 Å². The van der Waals surface area contributed by atoms with E-state index in [2.05, 4.69) is 10.2 Å². The van der Waals surface area contributed by atoms with Gasteiger partial charge in [-0.05, 0) is 26.3 Å². The summed E-state index contributed by atoms with van der Waals surface area (Å²) in [5.74, 6) is -0.972. The van der Waals surface area contributed by atoms with Crippen molar-refractivity contribution in [3.05, 3.63) is 15.4 Å². The number of nitroso groups, excluding NO2 is 1. The number of carbonyl (C=O) groups excluding carboxylic acids is 3. The summed E-state index contributed by atoms with van der Waals surface area (Å²) in [6.45, 7) is 5.44. The normalized spacial score (nSPS) is 22.8. The lowest BCUT2D eigenvalue weighted by molar-refractivity contribution is -0.140. The van der Waals surface area contributed by atoms with E-state index in [9.17, 15) is 19.3 Å². The summed E-state index contributed by atoms with van der Waals surface area (Å²) in [6, 6.07) is -0.664. The van der Waals surface area contributed by atoms with Gasteiger partial charge in [0.1, 0.15) is 12.1 Å². The van der Waals surface area contributed by atoms with Gasteiger partial charge in [0, 0.05) is 18.6 Å². The number of amides is 4. The molecular formula is C15H20N4O5S. The van der Waals surface area contributed by atoms with Crippen molar-refractivity contribution < 1.29 is 19.1 Å². The maximum absolute atomic E-state index is 12.8. The standard InChI is InChI=1S/C15H20N4O5S/c1-9-7-10(20)19(15(2,3)13(21)17-23)14(22)18(4)8-25-11(9)12-16-5-6-24-12/h5-8H2,1-4H3/b11-9-. The molecule has 2 aliphatic heterocycles. The molecule has 10 heteroatoms. The Bertz CT molecular complexity index is 685. The minimum Gasteiger partial charge on any atom is -0.475 e. The summed E-state index contributed by atoms with van der Waals surface area (Å²) >= 11 is 1.34. The van der Waals surface area contributed by atoms with Crippen LogP contribution in [-0.2, 0) is 14.3 Å². The Morgan fingerprint density at radius 2 is 2.04 bits per heavy atom. The molecule has 2 heterocycles. The molecule has 25 heavy (non-hydrogen) atoms. The van der Waals surface area contributed by atoms with Gasteiger partial charge in [-0.15, -0.1) is 4.91 Å². The lowest BCUT2D eigenvalue weighted by Gasteiger charge is -2.35. The van der Waals surface area contributed by atoms with Crippen molar-refractivity contribution in [2.75, 3.05) is 26.1 Å². The molecule has 0 aromatic carbocycles. The maximum Gasteiger partial charge on any atom is 0.328 e. The third-order valence-electron chi connectivity index (χ3n) is 3.92. The Labute approximate surface area is 149 Å². The molecule has 0 saturated carbocycles. The van der Waals surface area contributed by atoms with Crippen molar-refractivity contribution in [1.29, 1.82) is 0 Å². The van der Waals surface area contributed by atoms with E-state index in [0.29, 0.717) is 29.5 Å². The lowest BCUT2D eigenvalue weighted by Crippen LogP contribution is -2.58. The maximum atomic E-state index is 12.8. The van der Waals surface area contributed by atoms with E-state index in [1.54, 1.807) is 6.92 Å². The molecule has 2 aliphatic rings. The second kappa shape index (κ2) is 7.34. The number of nitrogens with zero attached hydrogens (tertiary/aromatic N) is 4. The molecule has 0 saturated heterocycles. The monoisotopic (exact) mass is 368 g/mol. The fourth-order valence-corrected chi connectivity index (χ4v) is 3.48. The smallest absolute Gasteiger partial charge is 0.328 e. The van der Waals surface area contributed by atoms with Gasteiger partial charge in [-0.2, -0.15) is 0 Å². The van der Waals surface area contributed by atoms with Crippen LogP contribution in [0.4, 0.5) is 4.79 Å². The fraction of sp³-hybridized carbons (Fsp3) is 0.600. The second-order valence-corrected chi connectivity index (χ2v) is 7.22. The highest BCUT2D eigenvalue weighted by molar-refractivity contribution is 8.04. The summed E-state index contributed by atoms with van der Waals surface area (Å²) in [5, 5.41) is 2.39. The fourth-order valence-electron chi connectivity index (χ4n) is 2.48. The molecule has 0 aromatic rings. The van der Waals surface area contributed by atoms with Gasteiger partial charge in [-0.25, -0.2) is 14.7 Å². The number of urea groups is 1. The van der Waals surface area contributed by atoms with Gasteiger partial charge in [0.2, 0.25) is 11.8 Å². The second-order valence-electron chi connectivity index (χ2n) is 6.26. The molecule has 0 unspecified atom stereocenters. The molecule has 0 bridgehead atoms. The van der Waals surface area contributed by atoms with E-state index < -0.39 is 23.4 Å². The van der Waals surface area contributed by atoms with Crippen molar-refractivity contribution in [3.8, 4) is 0 Å². The Morgan fingerprint density at radius 1 is 1.36 bits per heavy atom. The molecule has 0 radical (unpaired) electrons. The van der Waals surface area contributed by atoms with E-state index in [1.807, 2.05) is 0 Å². The van der Waals surface area contributed by atoms with Gasteiger partial charge in [-0.3, -0.25) is 9.59 Å². The predicted octanol–water partition coefficient (Wildman–Crippen LogP) is 1.74. The number of hydrogen-bond donors (Lipinski definition) is 0. The zero-order valence-corrected chi connectivity index (χ0v) is 15.4. The van der Waals surface area contributed by atoms with Crippen LogP contribution in [0.15, 0.2) is 20.6 Å². The van der Waals surface area contributed by atoms with Crippen LogP contribution in [0.5, 0.6) is 0 Å². The average Bonchev–Trinajstić information content (AvgIpc) is 3.07. The highest BCUT2D eigenvalue weighted by Crippen LogP contribution is 2.30. The predicted molar refractivity (Wildman–Crippen MR) is 92.9 cm³/mol. The van der Waals surface area contributed by atoms with Crippen molar-refractivity contribution in [2.24, 2.45) is 10.2 Å². The Morgan fingerprint density at radius 3 is 2.60 bits per heavy atom. The number of thioether (sulfide) groups is 1. The molecule has 0 aromatic heterocycles. The third-order valence-corrected chi connectivity index (χ3v) is 5.25. The van der Waals surface area contributed by atoms with Gasteiger partial charge in [0.05, 0.1) is 17.3 Å². The first-order valence-corrected chi connectivity index (χ1v) is 8.64. The minimum atomic E-state index is -1.67. The van der Waals surface area contributed by atoms with Crippen molar-refractivity contribution in [1.82, 2.24) is 9.80 Å². The van der Waals surface area contributed by atoms with Crippen LogP contribution in [0, 0.1) is 4.91 Å². The first kappa shape index (κ1) is 19.1. The topological polar surface area (TPSA) is 109 Å². The Hall–Kier alpha value is -2.23. The van der Waals surface area contributed by atoms with Crippen LogP contribution >= 0.6 is 11.8 Å². The molecule has 0 fully saturated rings. The van der Waals surface area contributed by atoms with E-state index in [4.69, 9.17) is 4.74 Å². The third kappa shape index (κ3) is 3.73. The van der Waals surface area contributed by atoms with Crippen LogP contribution in [0.25, 0.3) is 0 Å². The molecule has 0 atom stereocenters. The summed E-state index contributed by atoms with van der Waals surface area (Å²) in [7, 11) is 1.51. The summed E-state index contributed by atoms with van der Waals surface area (Å²) in [5.41, 5.74) is -0.980. The van der Waals surface area contributed by atoms with Gasteiger partial charge in [0.15, 0.2) is 0 Å². The lowest BCUT2D eigenvalue weighted by atomic mass is 10.0. The number of carbonyl (C=O) groups is 3. The number of ether oxygens (including phenoxy) is 1. The van der Waals surface area contributed by atoms with E-state index in [1.165, 1.54) is 37.6 Å². The summed E-state index contributed by atoms with van der Waals surface area (Å²) < 4.78 is 5.48. The van der Waals surface area contributed by atoms with Gasteiger partial charge < -0.3 is 9.64 Å². The first-order valence-electron chi connectivity index (χ1n) is 7.66. The Balaban J connectivity index is 2.44. The molecule has 9 nitrogen and oxygen atoms in total. The molecule has 4 amide bonds. The van der Waals surface area contributed by atoms with Gasteiger partial charge in [0.25, 0.3) is 0 Å². The van der Waals surface area contributed by atoms with Crippen LogP contribution in [-0.4, -0.2) is 65.2 Å². The Kier molecular flexibility index (Phi) is 5.61. The summed E-state index contributed by atoms with van der Waals surface area (Å²) in [6.07, 6.45) is -0.0974. The minimum absolute atomic E-state index is 0.0974. The zero-order valence-electron chi connectivity index (χ0n) is 14.6. The van der Waals surface area contributed by atoms with Crippen LogP contribution in [0.1, 0.15) is 27.2 Å².